The summed E-state index contributed by atoms with van der Waals surface area (Å²) < 4.78 is 32.1. The van der Waals surface area contributed by atoms with Crippen LogP contribution in [0.15, 0.2) is 58.6 Å². The summed E-state index contributed by atoms with van der Waals surface area (Å²) in [6, 6.07) is 14.6. The van der Waals surface area contributed by atoms with Crippen molar-refractivity contribution in [2.24, 2.45) is 5.16 Å². The lowest BCUT2D eigenvalue weighted by atomic mass is 10.1. The van der Waals surface area contributed by atoms with Crippen molar-refractivity contribution in [3.63, 3.8) is 0 Å². The van der Waals surface area contributed by atoms with Crippen LogP contribution >= 0.6 is 0 Å². The Labute approximate surface area is 154 Å². The molecule has 26 heavy (non-hydrogen) atoms. The van der Waals surface area contributed by atoms with Crippen LogP contribution in [0.3, 0.4) is 0 Å². The van der Waals surface area contributed by atoms with E-state index in [0.717, 1.165) is 16.7 Å². The molecular weight excluding hydrogens is 352 g/mol. The maximum absolute atomic E-state index is 12.7. The molecule has 1 heterocycles. The minimum Gasteiger partial charge on any atom is -0.391 e. The Morgan fingerprint density at radius 1 is 1.15 bits per heavy atom. The quantitative estimate of drug-likeness (QED) is 0.576. The molecule has 3 rings (SSSR count). The third-order valence-corrected chi connectivity index (χ3v) is 6.09. The van der Waals surface area contributed by atoms with Gasteiger partial charge in [0, 0.05) is 13.1 Å². The van der Waals surface area contributed by atoms with Crippen molar-refractivity contribution in [2.45, 2.75) is 18.4 Å². The zero-order chi connectivity index (χ0) is 18.4. The molecule has 2 aromatic carbocycles. The van der Waals surface area contributed by atoms with Gasteiger partial charge in [0.2, 0.25) is 10.0 Å². The highest BCUT2D eigenvalue weighted by Gasteiger charge is 2.26. The molecule has 0 atom stereocenters. The maximum Gasteiger partial charge on any atom is 0.243 e. The molecule has 2 aromatic rings. The molecule has 1 aliphatic rings. The van der Waals surface area contributed by atoms with Gasteiger partial charge in [-0.15, -0.1) is 0 Å². The molecule has 0 N–H and O–H groups in total. The molecule has 6 nitrogen and oxygen atoms in total. The number of aryl methyl sites for hydroxylation is 1. The average molecular weight is 374 g/mol. The Balaban J connectivity index is 1.65. The van der Waals surface area contributed by atoms with Gasteiger partial charge < -0.3 is 9.57 Å². The van der Waals surface area contributed by atoms with Gasteiger partial charge in [0.1, 0.15) is 6.61 Å². The molecule has 1 fully saturated rings. The second-order valence-corrected chi connectivity index (χ2v) is 7.97. The Hall–Kier alpha value is -2.22. The van der Waals surface area contributed by atoms with Crippen LogP contribution in [0.2, 0.25) is 0 Å². The van der Waals surface area contributed by atoms with Gasteiger partial charge in [-0.1, -0.05) is 41.6 Å². The normalized spacial score (nSPS) is 16.0. The Morgan fingerprint density at radius 2 is 1.92 bits per heavy atom. The topological polar surface area (TPSA) is 68.2 Å². The number of nitrogens with zero attached hydrogens (tertiary/aromatic N) is 2. The standard InChI is InChI=1S/C19H22N2O4S/c1-16-5-2-3-7-18(16)14-20-25-15-17-6-4-8-19(13-17)26(22,23)21-9-11-24-12-10-21/h2-8,13-14H,9-12,15H2,1H3/b20-14-. The highest BCUT2D eigenvalue weighted by atomic mass is 32.2. The van der Waals surface area contributed by atoms with Crippen molar-refractivity contribution in [3.05, 3.63) is 65.2 Å². The number of oxime groups is 1. The third-order valence-electron chi connectivity index (χ3n) is 4.19. The Morgan fingerprint density at radius 3 is 2.69 bits per heavy atom. The van der Waals surface area contributed by atoms with E-state index in [0.29, 0.717) is 26.3 Å². The van der Waals surface area contributed by atoms with Crippen LogP contribution in [-0.2, 0) is 26.2 Å². The molecule has 0 bridgehead atoms. The zero-order valence-corrected chi connectivity index (χ0v) is 15.5. The lowest BCUT2D eigenvalue weighted by Crippen LogP contribution is -2.40. The second kappa shape index (κ2) is 8.44. The summed E-state index contributed by atoms with van der Waals surface area (Å²) in [5.74, 6) is 0. The van der Waals surface area contributed by atoms with Gasteiger partial charge in [-0.3, -0.25) is 0 Å². The number of ether oxygens (including phenoxy) is 1. The molecule has 1 aliphatic heterocycles. The lowest BCUT2D eigenvalue weighted by molar-refractivity contribution is 0.0730. The van der Waals surface area contributed by atoms with E-state index in [1.54, 1.807) is 24.4 Å². The summed E-state index contributed by atoms with van der Waals surface area (Å²) in [7, 11) is -3.50. The van der Waals surface area contributed by atoms with Crippen molar-refractivity contribution in [2.75, 3.05) is 26.3 Å². The molecule has 0 amide bonds. The zero-order valence-electron chi connectivity index (χ0n) is 14.7. The van der Waals surface area contributed by atoms with Gasteiger partial charge in [-0.2, -0.15) is 4.31 Å². The highest BCUT2D eigenvalue weighted by Crippen LogP contribution is 2.18. The van der Waals surface area contributed by atoms with Gasteiger partial charge in [0.25, 0.3) is 0 Å². The summed E-state index contributed by atoms with van der Waals surface area (Å²) >= 11 is 0. The molecule has 0 aromatic heterocycles. The summed E-state index contributed by atoms with van der Waals surface area (Å²) in [5.41, 5.74) is 2.84. The summed E-state index contributed by atoms with van der Waals surface area (Å²) in [4.78, 5) is 5.60. The smallest absolute Gasteiger partial charge is 0.243 e. The second-order valence-electron chi connectivity index (χ2n) is 6.03. The maximum atomic E-state index is 12.7. The van der Waals surface area contributed by atoms with Gasteiger partial charge in [0.15, 0.2) is 0 Å². The van der Waals surface area contributed by atoms with Gasteiger partial charge in [-0.25, -0.2) is 8.42 Å². The summed E-state index contributed by atoms with van der Waals surface area (Å²) in [6.07, 6.45) is 1.66. The third kappa shape index (κ3) is 4.49. The first-order valence-electron chi connectivity index (χ1n) is 8.45. The number of hydrogen-bond donors (Lipinski definition) is 0. The Bertz CT molecular complexity index is 875. The molecule has 138 valence electrons. The van der Waals surface area contributed by atoms with Gasteiger partial charge >= 0.3 is 0 Å². The molecule has 7 heteroatoms. The first-order chi connectivity index (χ1) is 12.6. The summed E-state index contributed by atoms with van der Waals surface area (Å²) in [5, 5.41) is 3.98. The minimum atomic E-state index is -3.50. The van der Waals surface area contributed by atoms with Crippen molar-refractivity contribution in [3.8, 4) is 0 Å². The van der Waals surface area contributed by atoms with Gasteiger partial charge in [0.05, 0.1) is 24.3 Å². The number of rotatable bonds is 6. The van der Waals surface area contributed by atoms with E-state index in [1.807, 2.05) is 37.3 Å². The number of morpholine rings is 1. The van der Waals surface area contributed by atoms with E-state index in [9.17, 15) is 8.42 Å². The van der Waals surface area contributed by atoms with Gasteiger partial charge in [-0.05, 0) is 35.7 Å². The van der Waals surface area contributed by atoms with Crippen LogP contribution in [0.5, 0.6) is 0 Å². The fraction of sp³-hybridized carbons (Fsp3) is 0.316. The lowest BCUT2D eigenvalue weighted by Gasteiger charge is -2.26. The summed E-state index contributed by atoms with van der Waals surface area (Å²) in [6.45, 7) is 3.81. The van der Waals surface area contributed by atoms with Crippen LogP contribution < -0.4 is 0 Å². The van der Waals surface area contributed by atoms with Crippen LogP contribution in [0.4, 0.5) is 0 Å². The van der Waals surface area contributed by atoms with Crippen molar-refractivity contribution >= 4 is 16.2 Å². The van der Waals surface area contributed by atoms with E-state index >= 15 is 0 Å². The number of benzene rings is 2. The van der Waals surface area contributed by atoms with Crippen molar-refractivity contribution in [1.82, 2.24) is 4.31 Å². The molecule has 0 spiro atoms. The minimum absolute atomic E-state index is 0.203. The predicted molar refractivity (Wildman–Crippen MR) is 99.6 cm³/mol. The first kappa shape index (κ1) is 18.6. The molecule has 1 saturated heterocycles. The highest BCUT2D eigenvalue weighted by molar-refractivity contribution is 7.89. The molecular formula is C19H22N2O4S. The average Bonchev–Trinajstić information content (AvgIpc) is 2.67. The SMILES string of the molecule is Cc1ccccc1/C=N\OCc1cccc(S(=O)(=O)N2CCOCC2)c1. The van der Waals surface area contributed by atoms with E-state index in [2.05, 4.69) is 5.16 Å². The van der Waals surface area contributed by atoms with Crippen LogP contribution in [0.1, 0.15) is 16.7 Å². The number of hydrogen-bond acceptors (Lipinski definition) is 5. The molecule has 0 unspecified atom stereocenters. The first-order valence-corrected chi connectivity index (χ1v) is 9.89. The number of sulfonamides is 1. The van der Waals surface area contributed by atoms with Crippen molar-refractivity contribution < 1.29 is 18.0 Å². The van der Waals surface area contributed by atoms with E-state index < -0.39 is 10.0 Å². The van der Waals surface area contributed by atoms with Crippen LogP contribution in [0.25, 0.3) is 0 Å². The van der Waals surface area contributed by atoms with Crippen molar-refractivity contribution in [1.29, 1.82) is 0 Å². The molecule has 0 radical (unpaired) electrons. The monoisotopic (exact) mass is 374 g/mol. The predicted octanol–water partition coefficient (Wildman–Crippen LogP) is 2.57. The molecule has 0 aliphatic carbocycles. The largest absolute Gasteiger partial charge is 0.391 e. The van der Waals surface area contributed by atoms with E-state index in [-0.39, 0.29) is 11.5 Å². The van der Waals surface area contributed by atoms with Crippen LogP contribution in [-0.4, -0.2) is 45.2 Å². The fourth-order valence-corrected chi connectivity index (χ4v) is 4.15. The molecule has 0 saturated carbocycles. The van der Waals surface area contributed by atoms with Crippen LogP contribution in [0, 0.1) is 6.92 Å². The fourth-order valence-electron chi connectivity index (χ4n) is 2.67. The van der Waals surface area contributed by atoms with E-state index in [4.69, 9.17) is 9.57 Å². The van der Waals surface area contributed by atoms with E-state index in [1.165, 1.54) is 4.31 Å². The Kier molecular flexibility index (Phi) is 6.03.